The van der Waals surface area contributed by atoms with Gasteiger partial charge in [0.2, 0.25) is 0 Å². The Morgan fingerprint density at radius 1 is 1.19 bits per heavy atom. The predicted molar refractivity (Wildman–Crippen MR) is 63.2 cm³/mol. The van der Waals surface area contributed by atoms with Crippen LogP contribution in [0.1, 0.15) is 57.8 Å². The maximum absolute atomic E-state index is 10.3. The zero-order valence-electron chi connectivity index (χ0n) is 10.2. The molecule has 3 aliphatic rings. The molecule has 0 amide bonds. The number of hydrogen-bond acceptors (Lipinski definition) is 2. The van der Waals surface area contributed by atoms with Gasteiger partial charge in [-0.3, -0.25) is 0 Å². The van der Waals surface area contributed by atoms with E-state index in [9.17, 15) is 5.11 Å². The summed E-state index contributed by atoms with van der Waals surface area (Å²) in [6.07, 6.45) is 11.1. The lowest BCUT2D eigenvalue weighted by molar-refractivity contribution is -0.158. The molecular weight excluding hydrogens is 200 g/mol. The van der Waals surface area contributed by atoms with E-state index in [0.717, 1.165) is 31.8 Å². The summed E-state index contributed by atoms with van der Waals surface area (Å²) >= 11 is 0. The molecule has 2 aliphatic carbocycles. The molecule has 2 saturated carbocycles. The molecule has 1 spiro atoms. The van der Waals surface area contributed by atoms with Crippen LogP contribution in [-0.4, -0.2) is 23.4 Å². The second-order valence-corrected chi connectivity index (χ2v) is 6.24. The van der Waals surface area contributed by atoms with E-state index in [1.54, 1.807) is 0 Å². The zero-order valence-corrected chi connectivity index (χ0v) is 10.2. The average Bonchev–Trinajstić information content (AvgIpc) is 2.21. The Morgan fingerprint density at radius 2 is 2.00 bits per heavy atom. The molecule has 1 heterocycles. The van der Waals surface area contributed by atoms with Gasteiger partial charge >= 0.3 is 0 Å². The molecule has 0 radical (unpaired) electrons. The van der Waals surface area contributed by atoms with Gasteiger partial charge in [-0.05, 0) is 50.4 Å². The first-order chi connectivity index (χ1) is 7.77. The second-order valence-electron chi connectivity index (χ2n) is 6.24. The van der Waals surface area contributed by atoms with Crippen molar-refractivity contribution in [2.24, 2.45) is 11.8 Å². The Kier molecular flexibility index (Phi) is 2.97. The third-order valence-corrected chi connectivity index (χ3v) is 5.14. The van der Waals surface area contributed by atoms with Gasteiger partial charge in [-0.15, -0.1) is 0 Å². The molecule has 2 heteroatoms. The lowest BCUT2D eigenvalue weighted by Gasteiger charge is -2.48. The van der Waals surface area contributed by atoms with Gasteiger partial charge in [0.25, 0.3) is 0 Å². The summed E-state index contributed by atoms with van der Waals surface area (Å²) in [4.78, 5) is 0. The molecule has 0 aromatic heterocycles. The lowest BCUT2D eigenvalue weighted by atomic mass is 9.69. The second kappa shape index (κ2) is 4.30. The Morgan fingerprint density at radius 3 is 2.56 bits per heavy atom. The topological polar surface area (TPSA) is 29.5 Å². The number of aliphatic hydroxyl groups is 1. The molecule has 3 fully saturated rings. The molecule has 16 heavy (non-hydrogen) atoms. The average molecular weight is 224 g/mol. The summed E-state index contributed by atoms with van der Waals surface area (Å²) in [6.45, 7) is 0.881. The number of ether oxygens (including phenoxy) is 1. The largest absolute Gasteiger partial charge is 0.393 e. The van der Waals surface area contributed by atoms with Crippen molar-refractivity contribution in [3.8, 4) is 0 Å². The minimum atomic E-state index is -0.0494. The summed E-state index contributed by atoms with van der Waals surface area (Å²) in [5.74, 6) is 1.35. The normalized spacial score (nSPS) is 35.4. The molecule has 3 rings (SSSR count). The third-order valence-electron chi connectivity index (χ3n) is 5.14. The fourth-order valence-corrected chi connectivity index (χ4v) is 3.58. The summed E-state index contributed by atoms with van der Waals surface area (Å²) in [5.41, 5.74) is 0.198. The number of rotatable bonds is 3. The van der Waals surface area contributed by atoms with E-state index in [1.807, 2.05) is 0 Å². The molecule has 2 unspecified atom stereocenters. The van der Waals surface area contributed by atoms with Crippen LogP contribution in [-0.2, 0) is 4.74 Å². The molecule has 0 bridgehead atoms. The highest BCUT2D eigenvalue weighted by Crippen LogP contribution is 2.46. The summed E-state index contributed by atoms with van der Waals surface area (Å²) in [5, 5.41) is 10.3. The van der Waals surface area contributed by atoms with Crippen LogP contribution < -0.4 is 0 Å². The fourth-order valence-electron chi connectivity index (χ4n) is 3.58. The standard InChI is InChI=1S/C14H24O2/c15-13(9-11-3-1-4-11)12-5-8-16-14(10-12)6-2-7-14/h11-13,15H,1-10H2. The summed E-state index contributed by atoms with van der Waals surface area (Å²) in [6, 6.07) is 0. The van der Waals surface area contributed by atoms with E-state index in [1.165, 1.54) is 38.5 Å². The smallest absolute Gasteiger partial charge is 0.0686 e. The molecule has 2 nitrogen and oxygen atoms in total. The van der Waals surface area contributed by atoms with E-state index < -0.39 is 0 Å². The van der Waals surface area contributed by atoms with Crippen LogP contribution >= 0.6 is 0 Å². The molecule has 2 atom stereocenters. The predicted octanol–water partition coefficient (Wildman–Crippen LogP) is 2.89. The van der Waals surface area contributed by atoms with Crippen LogP contribution in [0.25, 0.3) is 0 Å². The van der Waals surface area contributed by atoms with Crippen molar-refractivity contribution in [3.05, 3.63) is 0 Å². The van der Waals surface area contributed by atoms with E-state index in [2.05, 4.69) is 0 Å². The maximum Gasteiger partial charge on any atom is 0.0686 e. The molecular formula is C14H24O2. The van der Waals surface area contributed by atoms with Crippen LogP contribution in [0.2, 0.25) is 0 Å². The van der Waals surface area contributed by atoms with Gasteiger partial charge in [0.1, 0.15) is 0 Å². The van der Waals surface area contributed by atoms with Gasteiger partial charge in [-0.25, -0.2) is 0 Å². The highest BCUT2D eigenvalue weighted by atomic mass is 16.5. The first kappa shape index (κ1) is 11.0. The highest BCUT2D eigenvalue weighted by molar-refractivity contribution is 4.95. The van der Waals surface area contributed by atoms with Crippen molar-refractivity contribution in [1.82, 2.24) is 0 Å². The third kappa shape index (κ3) is 2.02. The van der Waals surface area contributed by atoms with Crippen LogP contribution in [0.3, 0.4) is 0 Å². The monoisotopic (exact) mass is 224 g/mol. The van der Waals surface area contributed by atoms with E-state index in [0.29, 0.717) is 5.92 Å². The molecule has 1 N–H and O–H groups in total. The minimum absolute atomic E-state index is 0.0494. The van der Waals surface area contributed by atoms with Gasteiger partial charge in [0.15, 0.2) is 0 Å². The first-order valence-corrected chi connectivity index (χ1v) is 7.09. The van der Waals surface area contributed by atoms with Crippen LogP contribution in [0, 0.1) is 11.8 Å². The molecule has 1 saturated heterocycles. The quantitative estimate of drug-likeness (QED) is 0.798. The van der Waals surface area contributed by atoms with Crippen molar-refractivity contribution in [2.45, 2.75) is 69.5 Å². The molecule has 0 aromatic carbocycles. The Bertz CT molecular complexity index is 243. The van der Waals surface area contributed by atoms with Gasteiger partial charge in [0.05, 0.1) is 11.7 Å². The Balaban J connectivity index is 1.52. The fraction of sp³-hybridized carbons (Fsp3) is 1.00. The Labute approximate surface area is 98.4 Å². The SMILES string of the molecule is OC(CC1CCC1)C1CCOC2(CCC2)C1. The van der Waals surface area contributed by atoms with Gasteiger partial charge < -0.3 is 9.84 Å². The summed E-state index contributed by atoms with van der Waals surface area (Å²) < 4.78 is 5.92. The van der Waals surface area contributed by atoms with E-state index in [4.69, 9.17) is 4.74 Å². The maximum atomic E-state index is 10.3. The minimum Gasteiger partial charge on any atom is -0.393 e. The number of hydrogen-bond donors (Lipinski definition) is 1. The van der Waals surface area contributed by atoms with Crippen molar-refractivity contribution >= 4 is 0 Å². The van der Waals surface area contributed by atoms with E-state index >= 15 is 0 Å². The van der Waals surface area contributed by atoms with Crippen molar-refractivity contribution < 1.29 is 9.84 Å². The van der Waals surface area contributed by atoms with Crippen LogP contribution in [0.4, 0.5) is 0 Å². The van der Waals surface area contributed by atoms with Crippen molar-refractivity contribution in [3.63, 3.8) is 0 Å². The van der Waals surface area contributed by atoms with Gasteiger partial charge in [-0.2, -0.15) is 0 Å². The van der Waals surface area contributed by atoms with Gasteiger partial charge in [0, 0.05) is 6.61 Å². The van der Waals surface area contributed by atoms with Gasteiger partial charge in [-0.1, -0.05) is 19.3 Å². The number of aliphatic hydroxyl groups excluding tert-OH is 1. The molecule has 1 aliphatic heterocycles. The van der Waals surface area contributed by atoms with Crippen LogP contribution in [0.15, 0.2) is 0 Å². The summed E-state index contributed by atoms with van der Waals surface area (Å²) in [7, 11) is 0. The lowest BCUT2D eigenvalue weighted by Crippen LogP contribution is -2.48. The van der Waals surface area contributed by atoms with Crippen LogP contribution in [0.5, 0.6) is 0 Å². The molecule has 92 valence electrons. The van der Waals surface area contributed by atoms with E-state index in [-0.39, 0.29) is 11.7 Å². The van der Waals surface area contributed by atoms with Crippen molar-refractivity contribution in [1.29, 1.82) is 0 Å². The zero-order chi connectivity index (χ0) is 11.0. The highest BCUT2D eigenvalue weighted by Gasteiger charge is 2.44. The Hall–Kier alpha value is -0.0800. The molecule has 0 aromatic rings. The first-order valence-electron chi connectivity index (χ1n) is 7.09. The van der Waals surface area contributed by atoms with Crippen molar-refractivity contribution in [2.75, 3.05) is 6.61 Å².